The average Bonchev–Trinajstić information content (AvgIpc) is 3.59. The van der Waals surface area contributed by atoms with Gasteiger partial charge in [-0.3, -0.25) is 9.59 Å². The normalized spacial score (nSPS) is 21.3. The number of piperidine rings is 1. The molecule has 2 saturated heterocycles. The van der Waals surface area contributed by atoms with Gasteiger partial charge < -0.3 is 19.4 Å². The first-order valence-corrected chi connectivity index (χ1v) is 19.5. The van der Waals surface area contributed by atoms with E-state index in [0.717, 1.165) is 76.1 Å². The molecule has 1 aliphatic carbocycles. The number of ether oxygens (including phenoxy) is 1. The quantitative estimate of drug-likeness (QED) is 0.107. The minimum absolute atomic E-state index is 0.0195. The molecule has 2 heterocycles. The lowest BCUT2D eigenvalue weighted by molar-refractivity contribution is -0.152. The van der Waals surface area contributed by atoms with Gasteiger partial charge in [0.25, 0.3) is 5.54 Å². The summed E-state index contributed by atoms with van der Waals surface area (Å²) in [6, 6.07) is 19.9. The van der Waals surface area contributed by atoms with Gasteiger partial charge >= 0.3 is 5.97 Å². The summed E-state index contributed by atoms with van der Waals surface area (Å²) in [4.78, 5) is 33.5. The number of hydrogen-bond acceptors (Lipinski definition) is 7. The first-order chi connectivity index (χ1) is 24.6. The molecule has 3 aliphatic rings. The Morgan fingerprint density at radius 1 is 1.00 bits per heavy atom. The fourth-order valence-corrected chi connectivity index (χ4v) is 9.66. The number of rotatable bonds is 13. The molecule has 0 N–H and O–H groups in total. The van der Waals surface area contributed by atoms with Gasteiger partial charge in [-0.15, -0.1) is 0 Å². The van der Waals surface area contributed by atoms with Gasteiger partial charge in [0.1, 0.15) is 11.9 Å². The van der Waals surface area contributed by atoms with Crippen molar-refractivity contribution < 1.29 is 27.1 Å². The molecule has 0 radical (unpaired) electrons. The Hall–Kier alpha value is -4.33. The Balaban J connectivity index is 1.05. The molecule has 3 atom stereocenters. The maximum atomic E-state index is 14.6. The predicted octanol–water partition coefficient (Wildman–Crippen LogP) is 7.04. The molecule has 3 aromatic rings. The second-order valence-corrected chi connectivity index (χ2v) is 16.2. The number of esters is 1. The van der Waals surface area contributed by atoms with E-state index >= 15 is 0 Å². The Kier molecular flexibility index (Phi) is 11.1. The minimum atomic E-state index is -3.69. The fraction of sp³-hybridized carbons (Fsp3) is 0.439. The third-order valence-electron chi connectivity index (χ3n) is 11.1. The first-order valence-electron chi connectivity index (χ1n) is 18.0. The lowest BCUT2D eigenvalue weighted by atomic mass is 9.65. The van der Waals surface area contributed by atoms with Crippen LogP contribution in [-0.2, 0) is 36.1 Å². The van der Waals surface area contributed by atoms with Crippen molar-refractivity contribution in [2.24, 2.45) is 17.8 Å². The topological polar surface area (TPSA) is 88.3 Å². The highest BCUT2D eigenvalue weighted by Gasteiger charge is 2.58. The summed E-state index contributed by atoms with van der Waals surface area (Å²) in [6.07, 6.45) is 5.40. The number of carbonyl (C=O) groups excluding carboxylic acids is 2. The highest BCUT2D eigenvalue weighted by molar-refractivity contribution is 7.91. The number of ketones is 1. The molecule has 1 saturated carbocycles. The summed E-state index contributed by atoms with van der Waals surface area (Å²) in [6.45, 7) is 18.2. The number of allylic oxidation sites excluding steroid dienone is 1. The summed E-state index contributed by atoms with van der Waals surface area (Å²) in [7, 11) is -3.69. The maximum Gasteiger partial charge on any atom is 0.305 e. The molecule has 6 rings (SSSR count). The lowest BCUT2D eigenvalue weighted by Crippen LogP contribution is -2.54. The molecule has 10 heteroatoms. The molecular weight excluding hydrogens is 666 g/mol. The van der Waals surface area contributed by atoms with E-state index in [1.807, 2.05) is 18.2 Å². The van der Waals surface area contributed by atoms with E-state index in [4.69, 9.17) is 11.3 Å². The highest BCUT2D eigenvalue weighted by Crippen LogP contribution is 2.52. The Morgan fingerprint density at radius 2 is 1.67 bits per heavy atom. The van der Waals surface area contributed by atoms with Crippen LogP contribution in [-0.4, -0.2) is 63.9 Å². The molecule has 8 nitrogen and oxygen atoms in total. The van der Waals surface area contributed by atoms with E-state index < -0.39 is 15.4 Å². The number of halogens is 1. The number of anilines is 1. The van der Waals surface area contributed by atoms with Crippen LogP contribution in [0.25, 0.3) is 4.85 Å². The zero-order valence-corrected chi connectivity index (χ0v) is 30.0. The van der Waals surface area contributed by atoms with Gasteiger partial charge in [0, 0.05) is 55.6 Å². The molecule has 0 spiro atoms. The zero-order chi connectivity index (χ0) is 36.2. The number of benzene rings is 3. The van der Waals surface area contributed by atoms with Crippen molar-refractivity contribution in [3.05, 3.63) is 114 Å². The van der Waals surface area contributed by atoms with Crippen molar-refractivity contribution in [2.45, 2.75) is 73.3 Å². The van der Waals surface area contributed by atoms with Gasteiger partial charge in [-0.25, -0.2) is 19.4 Å². The van der Waals surface area contributed by atoms with Gasteiger partial charge in [0.15, 0.2) is 5.78 Å². The SMILES string of the molecule is [C-]#[N+][C@](c1cccc(F)c1)(C1CCN(CC2CN(c3ccc(S(=O)(=O)c4ccc(CC(=O)C=C)cc4)cc3)C2)CC1)[C@H]1CCC[C@@H]1OC(=O)CC. The van der Waals surface area contributed by atoms with Crippen molar-refractivity contribution in [3.63, 3.8) is 0 Å². The van der Waals surface area contributed by atoms with Gasteiger partial charge in [-0.05, 0) is 105 Å². The third kappa shape index (κ3) is 7.65. The van der Waals surface area contributed by atoms with Gasteiger partial charge in [-0.1, -0.05) is 37.8 Å². The largest absolute Gasteiger partial charge is 0.462 e. The van der Waals surface area contributed by atoms with Crippen molar-refractivity contribution in [1.29, 1.82) is 0 Å². The number of likely N-dealkylation sites (tertiary alicyclic amines) is 1. The van der Waals surface area contributed by atoms with Crippen LogP contribution < -0.4 is 4.90 Å². The van der Waals surface area contributed by atoms with Crippen LogP contribution in [0.2, 0.25) is 0 Å². The second kappa shape index (κ2) is 15.5. The monoisotopic (exact) mass is 711 g/mol. The molecule has 3 fully saturated rings. The predicted molar refractivity (Wildman–Crippen MR) is 194 cm³/mol. The van der Waals surface area contributed by atoms with E-state index in [0.29, 0.717) is 11.5 Å². The number of nitrogens with zero attached hydrogens (tertiary/aromatic N) is 3. The molecule has 268 valence electrons. The van der Waals surface area contributed by atoms with E-state index in [1.54, 1.807) is 37.3 Å². The van der Waals surface area contributed by atoms with E-state index in [2.05, 4.69) is 21.2 Å². The summed E-state index contributed by atoms with van der Waals surface area (Å²) >= 11 is 0. The summed E-state index contributed by atoms with van der Waals surface area (Å²) in [5.41, 5.74) is 1.46. The summed E-state index contributed by atoms with van der Waals surface area (Å²) < 4.78 is 47.0. The van der Waals surface area contributed by atoms with Crippen molar-refractivity contribution in [3.8, 4) is 0 Å². The van der Waals surface area contributed by atoms with Crippen molar-refractivity contribution >= 4 is 27.3 Å². The minimum Gasteiger partial charge on any atom is -0.462 e. The molecule has 0 amide bonds. The van der Waals surface area contributed by atoms with Gasteiger partial charge in [0.2, 0.25) is 9.84 Å². The summed E-state index contributed by atoms with van der Waals surface area (Å²) in [5.74, 6) is -0.412. The Bertz CT molecular complexity index is 1880. The number of sulfone groups is 1. The van der Waals surface area contributed by atoms with Crippen LogP contribution in [0.3, 0.4) is 0 Å². The third-order valence-corrected chi connectivity index (χ3v) is 12.9. The van der Waals surface area contributed by atoms with Gasteiger partial charge in [-0.2, -0.15) is 0 Å². The summed E-state index contributed by atoms with van der Waals surface area (Å²) in [5, 5.41) is 0. The fourth-order valence-electron chi connectivity index (χ4n) is 8.40. The smallest absolute Gasteiger partial charge is 0.305 e. The zero-order valence-electron chi connectivity index (χ0n) is 29.2. The van der Waals surface area contributed by atoms with Crippen LogP contribution in [0.15, 0.2) is 95.2 Å². The van der Waals surface area contributed by atoms with Crippen LogP contribution >= 0.6 is 0 Å². The first kappa shape index (κ1) is 36.5. The van der Waals surface area contributed by atoms with Crippen molar-refractivity contribution in [1.82, 2.24) is 4.90 Å². The Morgan fingerprint density at radius 3 is 2.27 bits per heavy atom. The standard InChI is InChI=1S/C41H46FN3O5S/c1-4-35(46)24-29-12-16-36(17-13-29)51(48,49)37-18-14-34(15-19-37)45-27-30(28-45)26-44-22-20-31(21-23-44)41(43-3,32-8-6-9-33(42)25-32)38-10-7-11-39(38)50-40(47)5-2/h4,6,8-9,12-19,25,30-31,38-39H,1,5,7,10-11,20-24,26-28H2,2H3/t38-,39-,41-/m0/s1. The second-order valence-electron chi connectivity index (χ2n) is 14.2. The molecule has 0 aromatic heterocycles. The molecule has 3 aromatic carbocycles. The van der Waals surface area contributed by atoms with Crippen LogP contribution in [0.5, 0.6) is 0 Å². The molecule has 2 aliphatic heterocycles. The van der Waals surface area contributed by atoms with Crippen LogP contribution in [0, 0.1) is 30.1 Å². The number of hydrogen-bond donors (Lipinski definition) is 0. The maximum absolute atomic E-state index is 14.6. The molecule has 0 bridgehead atoms. The molecular formula is C41H46FN3O5S. The Labute approximate surface area is 301 Å². The van der Waals surface area contributed by atoms with E-state index in [-0.39, 0.29) is 58.1 Å². The molecule has 0 unspecified atom stereocenters. The molecule has 51 heavy (non-hydrogen) atoms. The highest BCUT2D eigenvalue weighted by atomic mass is 32.2. The van der Waals surface area contributed by atoms with E-state index in [9.17, 15) is 22.4 Å². The van der Waals surface area contributed by atoms with Crippen LogP contribution in [0.1, 0.15) is 56.6 Å². The number of carbonyl (C=O) groups is 2. The van der Waals surface area contributed by atoms with Crippen LogP contribution in [0.4, 0.5) is 10.1 Å². The lowest BCUT2D eigenvalue weighted by Gasteiger charge is -2.46. The van der Waals surface area contributed by atoms with Crippen molar-refractivity contribution in [2.75, 3.05) is 37.6 Å². The average molecular weight is 712 g/mol. The van der Waals surface area contributed by atoms with Gasteiger partial charge in [0.05, 0.1) is 15.7 Å². The van der Waals surface area contributed by atoms with E-state index in [1.165, 1.54) is 30.3 Å².